The molecule has 0 spiro atoms. The zero-order valence-corrected chi connectivity index (χ0v) is 7.43. The molecule has 0 radical (unpaired) electrons. The number of Topliss-reactive ketones (excluding diaryl/α,β-unsaturated/α-hetero) is 1. The molecule has 0 atom stereocenters. The van der Waals surface area contributed by atoms with Gasteiger partial charge in [0.1, 0.15) is 0 Å². The number of rotatable bonds is 1. The summed E-state index contributed by atoms with van der Waals surface area (Å²) in [5, 5.41) is 0. The van der Waals surface area contributed by atoms with E-state index in [-0.39, 0.29) is 11.6 Å². The number of hydrogen-bond donors (Lipinski definition) is 0. The fraction of sp³-hybridized carbons (Fsp3) is 0.600. The molecule has 2 nitrogen and oxygen atoms in total. The van der Waals surface area contributed by atoms with Gasteiger partial charge in [-0.15, -0.1) is 0 Å². The molecule has 1 rings (SSSR count). The number of carbonyl (C=O) groups excluding carboxylic acids is 2. The molecule has 0 unspecified atom stereocenters. The molecular weight excluding hydrogens is 152 g/mol. The van der Waals surface area contributed by atoms with Gasteiger partial charge in [-0.25, -0.2) is 0 Å². The van der Waals surface area contributed by atoms with Crippen LogP contribution in [0.4, 0.5) is 0 Å². The van der Waals surface area contributed by atoms with Gasteiger partial charge < -0.3 is 0 Å². The van der Waals surface area contributed by atoms with Crippen molar-refractivity contribution in [1.29, 1.82) is 0 Å². The van der Waals surface area contributed by atoms with Gasteiger partial charge >= 0.3 is 0 Å². The van der Waals surface area contributed by atoms with E-state index in [1.807, 2.05) is 0 Å². The molecule has 0 saturated heterocycles. The van der Waals surface area contributed by atoms with E-state index < -0.39 is 0 Å². The Morgan fingerprint density at radius 2 is 1.92 bits per heavy atom. The largest absolute Gasteiger partial charge is 0.295 e. The summed E-state index contributed by atoms with van der Waals surface area (Å²) in [5.74, 6) is 0.156. The van der Waals surface area contributed by atoms with Gasteiger partial charge in [0.05, 0.1) is 0 Å². The van der Waals surface area contributed by atoms with E-state index in [0.717, 1.165) is 31.3 Å². The van der Waals surface area contributed by atoms with Crippen LogP contribution in [0.15, 0.2) is 11.6 Å². The van der Waals surface area contributed by atoms with Crippen LogP contribution >= 0.6 is 0 Å². The second kappa shape index (κ2) is 4.19. The first-order valence-electron chi connectivity index (χ1n) is 4.44. The van der Waals surface area contributed by atoms with Crippen LogP contribution in [0.3, 0.4) is 0 Å². The Bertz CT molecular complexity index is 226. The van der Waals surface area contributed by atoms with Crippen LogP contribution < -0.4 is 0 Å². The van der Waals surface area contributed by atoms with Crippen molar-refractivity contribution >= 4 is 11.6 Å². The molecule has 2 heteroatoms. The molecule has 0 aromatic carbocycles. The van der Waals surface area contributed by atoms with Crippen LogP contribution in [0.25, 0.3) is 0 Å². The van der Waals surface area contributed by atoms with Gasteiger partial charge in [0.15, 0.2) is 11.6 Å². The van der Waals surface area contributed by atoms with Gasteiger partial charge in [-0.3, -0.25) is 9.59 Å². The summed E-state index contributed by atoms with van der Waals surface area (Å²) in [5.41, 5.74) is 0.736. The van der Waals surface area contributed by atoms with E-state index in [0.29, 0.717) is 6.42 Å². The van der Waals surface area contributed by atoms with Gasteiger partial charge in [-0.2, -0.15) is 0 Å². The molecule has 1 saturated carbocycles. The second-order valence-corrected chi connectivity index (χ2v) is 3.26. The normalized spacial score (nSPS) is 22.4. The standard InChI is InChI=1S/C10H14O2/c1-8(11)7-9-5-3-2-4-6-10(9)12/h7H,2-6H2,1H3/b9-7-. The maximum atomic E-state index is 11.3. The van der Waals surface area contributed by atoms with E-state index in [1.165, 1.54) is 13.0 Å². The Balaban J connectivity index is 2.71. The lowest BCUT2D eigenvalue weighted by atomic mass is 10.1. The predicted octanol–water partition coefficient (Wildman–Crippen LogP) is 2.04. The summed E-state index contributed by atoms with van der Waals surface area (Å²) in [7, 11) is 0. The van der Waals surface area contributed by atoms with Gasteiger partial charge in [0, 0.05) is 6.42 Å². The highest BCUT2D eigenvalue weighted by Gasteiger charge is 2.13. The fourth-order valence-electron chi connectivity index (χ4n) is 1.48. The van der Waals surface area contributed by atoms with E-state index in [9.17, 15) is 9.59 Å². The molecule has 0 aromatic rings. The first-order chi connectivity index (χ1) is 5.70. The lowest BCUT2D eigenvalue weighted by Crippen LogP contribution is -2.01. The Labute approximate surface area is 72.7 Å². The molecule has 1 fully saturated rings. The second-order valence-electron chi connectivity index (χ2n) is 3.26. The molecule has 12 heavy (non-hydrogen) atoms. The maximum Gasteiger partial charge on any atom is 0.158 e. The Kier molecular flexibility index (Phi) is 3.20. The van der Waals surface area contributed by atoms with Crippen LogP contribution in [0.5, 0.6) is 0 Å². The lowest BCUT2D eigenvalue weighted by Gasteiger charge is -1.98. The van der Waals surface area contributed by atoms with Crippen molar-refractivity contribution in [3.8, 4) is 0 Å². The number of carbonyl (C=O) groups is 2. The summed E-state index contributed by atoms with van der Waals surface area (Å²) < 4.78 is 0. The maximum absolute atomic E-state index is 11.3. The molecular formula is C10H14O2. The van der Waals surface area contributed by atoms with Crippen molar-refractivity contribution in [3.63, 3.8) is 0 Å². The SMILES string of the molecule is CC(=O)/C=C1/CCCCCC1=O. The number of hydrogen-bond acceptors (Lipinski definition) is 2. The smallest absolute Gasteiger partial charge is 0.158 e. The molecule has 0 N–H and O–H groups in total. The minimum absolute atomic E-state index is 0.0137. The Morgan fingerprint density at radius 3 is 2.58 bits per heavy atom. The van der Waals surface area contributed by atoms with Gasteiger partial charge in [0.2, 0.25) is 0 Å². The molecule has 1 aliphatic carbocycles. The Hall–Kier alpha value is -0.920. The van der Waals surface area contributed by atoms with Gasteiger partial charge in [-0.1, -0.05) is 6.42 Å². The number of allylic oxidation sites excluding steroid dienone is 2. The van der Waals surface area contributed by atoms with Crippen molar-refractivity contribution in [2.24, 2.45) is 0 Å². The van der Waals surface area contributed by atoms with E-state index >= 15 is 0 Å². The van der Waals surface area contributed by atoms with Gasteiger partial charge in [-0.05, 0) is 37.8 Å². The van der Waals surface area contributed by atoms with Gasteiger partial charge in [0.25, 0.3) is 0 Å². The van der Waals surface area contributed by atoms with Crippen LogP contribution in [0.2, 0.25) is 0 Å². The van der Waals surface area contributed by atoms with E-state index in [1.54, 1.807) is 0 Å². The van der Waals surface area contributed by atoms with Crippen LogP contribution in [-0.4, -0.2) is 11.6 Å². The monoisotopic (exact) mass is 166 g/mol. The highest BCUT2D eigenvalue weighted by Crippen LogP contribution is 2.18. The molecule has 1 aliphatic rings. The zero-order chi connectivity index (χ0) is 8.97. The first kappa shape index (κ1) is 9.17. The lowest BCUT2D eigenvalue weighted by molar-refractivity contribution is -0.116. The van der Waals surface area contributed by atoms with Crippen LogP contribution in [-0.2, 0) is 9.59 Å². The summed E-state index contributed by atoms with van der Waals surface area (Å²) >= 11 is 0. The fourth-order valence-corrected chi connectivity index (χ4v) is 1.48. The predicted molar refractivity (Wildman–Crippen MR) is 46.9 cm³/mol. The minimum atomic E-state index is -0.0137. The third-order valence-electron chi connectivity index (χ3n) is 2.09. The summed E-state index contributed by atoms with van der Waals surface area (Å²) in [4.78, 5) is 22.1. The highest BCUT2D eigenvalue weighted by atomic mass is 16.1. The van der Waals surface area contributed by atoms with Crippen molar-refractivity contribution < 1.29 is 9.59 Å². The number of ketones is 2. The quantitative estimate of drug-likeness (QED) is 0.441. The third kappa shape index (κ3) is 2.61. The average molecular weight is 166 g/mol. The molecule has 66 valence electrons. The first-order valence-corrected chi connectivity index (χ1v) is 4.44. The zero-order valence-electron chi connectivity index (χ0n) is 7.43. The summed E-state index contributed by atoms with van der Waals surface area (Å²) in [6.45, 7) is 1.49. The topological polar surface area (TPSA) is 34.1 Å². The highest BCUT2D eigenvalue weighted by molar-refractivity contribution is 6.02. The third-order valence-corrected chi connectivity index (χ3v) is 2.09. The van der Waals surface area contributed by atoms with Crippen molar-refractivity contribution in [2.75, 3.05) is 0 Å². The van der Waals surface area contributed by atoms with Crippen molar-refractivity contribution in [1.82, 2.24) is 0 Å². The molecule has 0 heterocycles. The molecule has 0 aromatic heterocycles. The Morgan fingerprint density at radius 1 is 1.25 bits per heavy atom. The summed E-state index contributed by atoms with van der Waals surface area (Å²) in [6.07, 6.45) is 6.05. The molecule has 0 aliphatic heterocycles. The summed E-state index contributed by atoms with van der Waals surface area (Å²) in [6, 6.07) is 0. The van der Waals surface area contributed by atoms with E-state index in [2.05, 4.69) is 0 Å². The molecule has 0 bridgehead atoms. The van der Waals surface area contributed by atoms with Crippen LogP contribution in [0.1, 0.15) is 39.0 Å². The molecule has 0 amide bonds. The minimum Gasteiger partial charge on any atom is -0.295 e. The average Bonchev–Trinajstić information content (AvgIpc) is 2.16. The van der Waals surface area contributed by atoms with Crippen molar-refractivity contribution in [3.05, 3.63) is 11.6 Å². The van der Waals surface area contributed by atoms with Crippen LogP contribution in [0, 0.1) is 0 Å². The van der Waals surface area contributed by atoms with E-state index in [4.69, 9.17) is 0 Å². The van der Waals surface area contributed by atoms with Crippen molar-refractivity contribution in [2.45, 2.75) is 39.0 Å².